The molecule has 0 aliphatic carbocycles. The van der Waals surface area contributed by atoms with Crippen LogP contribution in [0.4, 0.5) is 0 Å². The van der Waals surface area contributed by atoms with Gasteiger partial charge in [-0.05, 0) is 31.0 Å². The van der Waals surface area contributed by atoms with Crippen LogP contribution in [0, 0.1) is 6.92 Å². The molecule has 0 amide bonds. The van der Waals surface area contributed by atoms with Crippen molar-refractivity contribution in [1.29, 1.82) is 0 Å². The summed E-state index contributed by atoms with van der Waals surface area (Å²) in [6, 6.07) is 5.87. The average molecular weight is 219 g/mol. The third kappa shape index (κ3) is 2.36. The zero-order chi connectivity index (χ0) is 11.5. The van der Waals surface area contributed by atoms with Crippen LogP contribution in [-0.4, -0.2) is 26.1 Å². The summed E-state index contributed by atoms with van der Waals surface area (Å²) in [6.45, 7) is 2.54. The predicted octanol–water partition coefficient (Wildman–Crippen LogP) is 1.60. The van der Waals surface area contributed by atoms with Gasteiger partial charge >= 0.3 is 5.97 Å². The number of nitrogens with zero attached hydrogens (tertiary/aromatic N) is 3. The maximum Gasteiger partial charge on any atom is 0.303 e. The summed E-state index contributed by atoms with van der Waals surface area (Å²) >= 11 is 0. The molecule has 0 spiro atoms. The van der Waals surface area contributed by atoms with Crippen molar-refractivity contribution in [2.75, 3.05) is 0 Å². The van der Waals surface area contributed by atoms with Gasteiger partial charge in [-0.25, -0.2) is 0 Å². The van der Waals surface area contributed by atoms with Crippen LogP contribution in [0.25, 0.3) is 11.0 Å². The molecular weight excluding hydrogens is 206 g/mol. The quantitative estimate of drug-likeness (QED) is 0.848. The van der Waals surface area contributed by atoms with Gasteiger partial charge in [0.15, 0.2) is 0 Å². The summed E-state index contributed by atoms with van der Waals surface area (Å²) in [5.41, 5.74) is 2.85. The highest BCUT2D eigenvalue weighted by Crippen LogP contribution is 2.11. The summed E-state index contributed by atoms with van der Waals surface area (Å²) in [4.78, 5) is 11.9. The molecule has 1 heterocycles. The molecule has 0 unspecified atom stereocenters. The molecule has 0 aliphatic heterocycles. The first-order valence-electron chi connectivity index (χ1n) is 5.18. The molecule has 2 rings (SSSR count). The maximum absolute atomic E-state index is 10.4. The highest BCUT2D eigenvalue weighted by Gasteiger charge is 2.03. The Labute approximate surface area is 92.7 Å². The molecule has 2 aromatic rings. The number of benzene rings is 1. The Balaban J connectivity index is 2.10. The van der Waals surface area contributed by atoms with Crippen LogP contribution in [0.15, 0.2) is 18.2 Å². The number of carboxylic acid groups (broad SMARTS) is 1. The van der Waals surface area contributed by atoms with Gasteiger partial charge in [-0.15, -0.1) is 0 Å². The fraction of sp³-hybridized carbons (Fsp3) is 0.364. The topological polar surface area (TPSA) is 68.0 Å². The van der Waals surface area contributed by atoms with Crippen LogP contribution in [0.5, 0.6) is 0 Å². The Morgan fingerprint density at radius 3 is 2.88 bits per heavy atom. The monoisotopic (exact) mass is 219 g/mol. The van der Waals surface area contributed by atoms with E-state index < -0.39 is 5.97 Å². The Morgan fingerprint density at radius 2 is 2.12 bits per heavy atom. The average Bonchev–Trinajstić information content (AvgIpc) is 2.58. The molecule has 0 aliphatic rings. The molecule has 16 heavy (non-hydrogen) atoms. The van der Waals surface area contributed by atoms with Crippen molar-refractivity contribution in [2.24, 2.45) is 0 Å². The van der Waals surface area contributed by atoms with Crippen LogP contribution in [0.1, 0.15) is 18.4 Å². The van der Waals surface area contributed by atoms with Gasteiger partial charge in [0.05, 0.1) is 6.54 Å². The molecule has 0 saturated heterocycles. The van der Waals surface area contributed by atoms with E-state index in [1.807, 2.05) is 25.1 Å². The number of aryl methyl sites for hydroxylation is 2. The normalized spacial score (nSPS) is 10.8. The van der Waals surface area contributed by atoms with E-state index in [0.29, 0.717) is 13.0 Å². The van der Waals surface area contributed by atoms with Gasteiger partial charge in [-0.3, -0.25) is 4.79 Å². The van der Waals surface area contributed by atoms with E-state index in [1.165, 1.54) is 0 Å². The third-order valence-electron chi connectivity index (χ3n) is 2.33. The van der Waals surface area contributed by atoms with E-state index in [0.717, 1.165) is 16.6 Å². The lowest BCUT2D eigenvalue weighted by Gasteiger charge is -1.95. The van der Waals surface area contributed by atoms with E-state index in [-0.39, 0.29) is 6.42 Å². The van der Waals surface area contributed by atoms with E-state index in [1.54, 1.807) is 4.80 Å². The maximum atomic E-state index is 10.4. The lowest BCUT2D eigenvalue weighted by molar-refractivity contribution is -0.137. The number of aliphatic carboxylic acids is 1. The Kier molecular flexibility index (Phi) is 2.85. The Hall–Kier alpha value is -1.91. The molecule has 84 valence electrons. The van der Waals surface area contributed by atoms with E-state index >= 15 is 0 Å². The second-order valence-corrected chi connectivity index (χ2v) is 3.79. The standard InChI is InChI=1S/C11H13N3O2/c1-8-4-5-9-10(7-8)13-14(12-9)6-2-3-11(15)16/h4-5,7H,2-3,6H2,1H3,(H,15,16). The van der Waals surface area contributed by atoms with Gasteiger partial charge < -0.3 is 5.11 Å². The highest BCUT2D eigenvalue weighted by molar-refractivity contribution is 5.74. The second-order valence-electron chi connectivity index (χ2n) is 3.79. The van der Waals surface area contributed by atoms with Gasteiger partial charge in [0.1, 0.15) is 11.0 Å². The van der Waals surface area contributed by atoms with Crippen molar-refractivity contribution in [3.05, 3.63) is 23.8 Å². The molecule has 1 N–H and O–H groups in total. The molecular formula is C11H13N3O2. The SMILES string of the molecule is Cc1ccc2nn(CCCC(=O)O)nc2c1. The summed E-state index contributed by atoms with van der Waals surface area (Å²) < 4.78 is 0. The molecule has 0 saturated carbocycles. The van der Waals surface area contributed by atoms with Gasteiger partial charge in [0.25, 0.3) is 0 Å². The first kappa shape index (κ1) is 10.6. The molecule has 0 radical (unpaired) electrons. The molecule has 1 aromatic carbocycles. The predicted molar refractivity (Wildman–Crippen MR) is 59.1 cm³/mol. The van der Waals surface area contributed by atoms with Gasteiger partial charge in [-0.1, -0.05) is 6.07 Å². The molecule has 0 fully saturated rings. The zero-order valence-electron chi connectivity index (χ0n) is 9.05. The largest absolute Gasteiger partial charge is 0.481 e. The van der Waals surface area contributed by atoms with E-state index in [4.69, 9.17) is 5.11 Å². The first-order chi connectivity index (χ1) is 7.65. The molecule has 1 aromatic heterocycles. The number of carbonyl (C=O) groups is 1. The van der Waals surface area contributed by atoms with Crippen LogP contribution in [-0.2, 0) is 11.3 Å². The van der Waals surface area contributed by atoms with Crippen LogP contribution in [0.2, 0.25) is 0 Å². The molecule has 5 heteroatoms. The number of fused-ring (bicyclic) bond motifs is 1. The highest BCUT2D eigenvalue weighted by atomic mass is 16.4. The van der Waals surface area contributed by atoms with Crippen molar-refractivity contribution in [3.8, 4) is 0 Å². The minimum absolute atomic E-state index is 0.150. The second kappa shape index (κ2) is 4.30. The summed E-state index contributed by atoms with van der Waals surface area (Å²) in [6.07, 6.45) is 0.701. The van der Waals surface area contributed by atoms with Gasteiger partial charge in [0, 0.05) is 6.42 Å². The lowest BCUT2D eigenvalue weighted by Crippen LogP contribution is -2.04. The van der Waals surface area contributed by atoms with Crippen molar-refractivity contribution < 1.29 is 9.90 Å². The number of carboxylic acids is 1. The summed E-state index contributed by atoms with van der Waals surface area (Å²) in [7, 11) is 0. The Morgan fingerprint density at radius 1 is 1.38 bits per heavy atom. The van der Waals surface area contributed by atoms with Gasteiger partial charge in [0.2, 0.25) is 0 Å². The molecule has 5 nitrogen and oxygen atoms in total. The first-order valence-corrected chi connectivity index (χ1v) is 5.18. The number of rotatable bonds is 4. The van der Waals surface area contributed by atoms with Crippen LogP contribution < -0.4 is 0 Å². The van der Waals surface area contributed by atoms with Gasteiger partial charge in [-0.2, -0.15) is 15.0 Å². The minimum atomic E-state index is -0.785. The smallest absolute Gasteiger partial charge is 0.303 e. The summed E-state index contributed by atoms with van der Waals surface area (Å²) in [5.74, 6) is -0.785. The van der Waals surface area contributed by atoms with E-state index in [2.05, 4.69) is 10.2 Å². The summed E-state index contributed by atoms with van der Waals surface area (Å²) in [5, 5.41) is 17.1. The van der Waals surface area contributed by atoms with Crippen molar-refractivity contribution in [1.82, 2.24) is 15.0 Å². The van der Waals surface area contributed by atoms with Crippen LogP contribution >= 0.6 is 0 Å². The van der Waals surface area contributed by atoms with Crippen molar-refractivity contribution in [3.63, 3.8) is 0 Å². The minimum Gasteiger partial charge on any atom is -0.481 e. The fourth-order valence-electron chi connectivity index (χ4n) is 1.54. The van der Waals surface area contributed by atoms with Crippen molar-refractivity contribution >= 4 is 17.0 Å². The fourth-order valence-corrected chi connectivity index (χ4v) is 1.54. The Bertz CT molecular complexity index is 519. The lowest BCUT2D eigenvalue weighted by atomic mass is 10.2. The molecule has 0 bridgehead atoms. The van der Waals surface area contributed by atoms with E-state index in [9.17, 15) is 4.79 Å². The van der Waals surface area contributed by atoms with Crippen LogP contribution in [0.3, 0.4) is 0 Å². The number of hydrogen-bond donors (Lipinski definition) is 1. The third-order valence-corrected chi connectivity index (χ3v) is 2.33. The number of hydrogen-bond acceptors (Lipinski definition) is 3. The molecule has 0 atom stereocenters. The number of aromatic nitrogens is 3. The zero-order valence-corrected chi connectivity index (χ0v) is 9.05. The van der Waals surface area contributed by atoms with Crippen molar-refractivity contribution in [2.45, 2.75) is 26.3 Å².